The fourth-order valence-electron chi connectivity index (χ4n) is 3.15. The molecule has 1 aliphatic heterocycles. The Labute approximate surface area is 171 Å². The van der Waals surface area contributed by atoms with Crippen LogP contribution in [0.15, 0.2) is 59.5 Å². The van der Waals surface area contributed by atoms with Gasteiger partial charge in [-0.3, -0.25) is 4.79 Å². The zero-order valence-electron chi connectivity index (χ0n) is 15.3. The fraction of sp³-hybridized carbons (Fsp3) is 0.263. The van der Waals surface area contributed by atoms with Gasteiger partial charge in [-0.15, -0.1) is 0 Å². The maximum Gasteiger partial charge on any atom is 0.349 e. The van der Waals surface area contributed by atoms with E-state index in [0.29, 0.717) is 5.56 Å². The number of hydrogen-bond acceptors (Lipinski definition) is 5. The summed E-state index contributed by atoms with van der Waals surface area (Å²) in [4.78, 5) is 24.3. The molecule has 1 saturated heterocycles. The Morgan fingerprint density at radius 1 is 1.18 bits per heavy atom. The SMILES string of the molecule is COC(=O)C1(C(Br)c2ccccc2)NC(=O)CN1S(=O)(=O)c1ccc(C)cc1. The highest BCUT2D eigenvalue weighted by molar-refractivity contribution is 9.09. The van der Waals surface area contributed by atoms with Gasteiger partial charge in [0.1, 0.15) is 0 Å². The van der Waals surface area contributed by atoms with Crippen molar-refractivity contribution in [3.05, 3.63) is 65.7 Å². The molecular formula is C19H19BrN2O5S. The molecule has 0 bridgehead atoms. The molecule has 0 radical (unpaired) electrons. The maximum atomic E-state index is 13.4. The number of carbonyl (C=O) groups excluding carboxylic acids is 2. The Hall–Kier alpha value is -2.23. The first-order valence-electron chi connectivity index (χ1n) is 8.41. The van der Waals surface area contributed by atoms with Crippen LogP contribution < -0.4 is 5.32 Å². The molecule has 2 atom stereocenters. The zero-order chi connectivity index (χ0) is 20.5. The highest BCUT2D eigenvalue weighted by Gasteiger charge is 2.61. The van der Waals surface area contributed by atoms with Gasteiger partial charge in [0.15, 0.2) is 0 Å². The molecule has 148 valence electrons. The number of amides is 1. The first-order valence-corrected chi connectivity index (χ1v) is 10.8. The second-order valence-corrected chi connectivity index (χ2v) is 9.18. The van der Waals surface area contributed by atoms with Crippen LogP contribution in [0.25, 0.3) is 0 Å². The predicted molar refractivity (Wildman–Crippen MR) is 106 cm³/mol. The molecule has 1 aliphatic rings. The fourth-order valence-corrected chi connectivity index (χ4v) is 5.76. The standard InChI is InChI=1S/C19H19BrN2O5S/c1-13-8-10-15(11-9-13)28(25,26)22-12-16(23)21-19(22,18(24)27-2)17(20)14-6-4-3-5-7-14/h3-11,17H,12H2,1-2H3,(H,21,23). The molecule has 1 heterocycles. The number of methoxy groups -OCH3 is 1. The van der Waals surface area contributed by atoms with E-state index in [4.69, 9.17) is 4.74 Å². The number of halogens is 1. The van der Waals surface area contributed by atoms with Crippen molar-refractivity contribution >= 4 is 37.8 Å². The molecule has 1 amide bonds. The number of benzene rings is 2. The lowest BCUT2D eigenvalue weighted by atomic mass is 10.00. The van der Waals surface area contributed by atoms with Gasteiger partial charge in [0.25, 0.3) is 0 Å². The third-order valence-electron chi connectivity index (χ3n) is 4.58. The summed E-state index contributed by atoms with van der Waals surface area (Å²) in [6, 6.07) is 15.0. The average Bonchev–Trinajstić information content (AvgIpc) is 3.07. The maximum absolute atomic E-state index is 13.4. The number of nitrogens with one attached hydrogen (secondary N) is 1. The van der Waals surface area contributed by atoms with E-state index < -0.39 is 38.9 Å². The first-order chi connectivity index (χ1) is 13.2. The van der Waals surface area contributed by atoms with Crippen LogP contribution in [0.1, 0.15) is 16.0 Å². The number of esters is 1. The number of hydrogen-bond donors (Lipinski definition) is 1. The van der Waals surface area contributed by atoms with Crippen LogP contribution in [-0.4, -0.2) is 43.9 Å². The van der Waals surface area contributed by atoms with Gasteiger partial charge in [-0.2, -0.15) is 4.31 Å². The molecule has 0 spiro atoms. The number of alkyl halides is 1. The minimum atomic E-state index is -4.18. The van der Waals surface area contributed by atoms with Crippen molar-refractivity contribution in [2.75, 3.05) is 13.7 Å². The number of rotatable bonds is 5. The first kappa shape index (κ1) is 20.5. The van der Waals surface area contributed by atoms with E-state index in [-0.39, 0.29) is 4.90 Å². The van der Waals surface area contributed by atoms with E-state index in [0.717, 1.165) is 17.0 Å². The molecule has 7 nitrogen and oxygen atoms in total. The largest absolute Gasteiger partial charge is 0.466 e. The van der Waals surface area contributed by atoms with Gasteiger partial charge in [-0.05, 0) is 24.6 Å². The highest BCUT2D eigenvalue weighted by Crippen LogP contribution is 2.42. The summed E-state index contributed by atoms with van der Waals surface area (Å²) in [7, 11) is -3.04. The Kier molecular flexibility index (Phi) is 5.60. The Balaban J connectivity index is 2.18. The number of ether oxygens (including phenoxy) is 1. The highest BCUT2D eigenvalue weighted by atomic mass is 79.9. The van der Waals surface area contributed by atoms with Crippen molar-refractivity contribution in [1.82, 2.24) is 9.62 Å². The van der Waals surface area contributed by atoms with E-state index in [1.165, 1.54) is 12.1 Å². The topological polar surface area (TPSA) is 92.8 Å². The molecule has 0 saturated carbocycles. The third-order valence-corrected chi connectivity index (χ3v) is 7.63. The van der Waals surface area contributed by atoms with Crippen molar-refractivity contribution in [3.8, 4) is 0 Å². The number of carbonyl (C=O) groups is 2. The van der Waals surface area contributed by atoms with Crippen molar-refractivity contribution < 1.29 is 22.7 Å². The normalized spacial score (nSPS) is 21.2. The monoisotopic (exact) mass is 466 g/mol. The predicted octanol–water partition coefficient (Wildman–Crippen LogP) is 2.12. The summed E-state index contributed by atoms with van der Waals surface area (Å²) in [5.41, 5.74) is -0.465. The molecule has 3 rings (SSSR count). The third kappa shape index (κ3) is 3.34. The molecule has 2 aromatic carbocycles. The Bertz CT molecular complexity index is 995. The Morgan fingerprint density at radius 2 is 1.79 bits per heavy atom. The minimum Gasteiger partial charge on any atom is -0.466 e. The summed E-state index contributed by atoms with van der Waals surface area (Å²) in [5, 5.41) is 2.54. The van der Waals surface area contributed by atoms with Gasteiger partial charge in [-0.25, -0.2) is 13.2 Å². The molecule has 2 aromatic rings. The molecule has 0 aliphatic carbocycles. The van der Waals surface area contributed by atoms with Crippen LogP contribution in [0, 0.1) is 6.92 Å². The van der Waals surface area contributed by atoms with Gasteiger partial charge in [0.05, 0.1) is 23.4 Å². The lowest BCUT2D eigenvalue weighted by Gasteiger charge is -2.37. The summed E-state index contributed by atoms with van der Waals surface area (Å²) in [6.45, 7) is 1.33. The smallest absolute Gasteiger partial charge is 0.349 e. The minimum absolute atomic E-state index is 0.0179. The van der Waals surface area contributed by atoms with Crippen molar-refractivity contribution in [3.63, 3.8) is 0 Å². The molecule has 0 aromatic heterocycles. The van der Waals surface area contributed by atoms with E-state index >= 15 is 0 Å². The van der Waals surface area contributed by atoms with Crippen LogP contribution in [0.2, 0.25) is 0 Å². The van der Waals surface area contributed by atoms with Gasteiger partial charge < -0.3 is 10.1 Å². The average molecular weight is 467 g/mol. The van der Waals surface area contributed by atoms with Crippen LogP contribution in [-0.2, 0) is 24.3 Å². The Morgan fingerprint density at radius 3 is 2.36 bits per heavy atom. The molecule has 1 fully saturated rings. The van der Waals surface area contributed by atoms with E-state index in [1.807, 2.05) is 6.92 Å². The van der Waals surface area contributed by atoms with Gasteiger partial charge in [-0.1, -0.05) is 64.0 Å². The van der Waals surface area contributed by atoms with Crippen LogP contribution >= 0.6 is 15.9 Å². The lowest BCUT2D eigenvalue weighted by Crippen LogP contribution is -2.62. The van der Waals surface area contributed by atoms with E-state index in [9.17, 15) is 18.0 Å². The second kappa shape index (κ2) is 7.65. The van der Waals surface area contributed by atoms with E-state index in [2.05, 4.69) is 21.2 Å². The van der Waals surface area contributed by atoms with Crippen molar-refractivity contribution in [2.24, 2.45) is 0 Å². The molecule has 28 heavy (non-hydrogen) atoms. The number of aryl methyl sites for hydroxylation is 1. The number of nitrogens with zero attached hydrogens (tertiary/aromatic N) is 1. The quantitative estimate of drug-likeness (QED) is 0.537. The van der Waals surface area contributed by atoms with Crippen molar-refractivity contribution in [1.29, 1.82) is 0 Å². The molecule has 1 N–H and O–H groups in total. The number of sulfonamides is 1. The summed E-state index contributed by atoms with van der Waals surface area (Å²) >= 11 is 3.43. The van der Waals surface area contributed by atoms with Crippen molar-refractivity contribution in [2.45, 2.75) is 22.3 Å². The molecular weight excluding hydrogens is 448 g/mol. The lowest BCUT2D eigenvalue weighted by molar-refractivity contribution is -0.152. The summed E-state index contributed by atoms with van der Waals surface area (Å²) in [5.74, 6) is -1.48. The van der Waals surface area contributed by atoms with E-state index in [1.54, 1.807) is 42.5 Å². The summed E-state index contributed by atoms with van der Waals surface area (Å²) < 4.78 is 32.5. The zero-order valence-corrected chi connectivity index (χ0v) is 17.7. The van der Waals surface area contributed by atoms with Crippen LogP contribution in [0.4, 0.5) is 0 Å². The summed E-state index contributed by atoms with van der Waals surface area (Å²) in [6.07, 6.45) is 0. The second-order valence-electron chi connectivity index (χ2n) is 6.40. The van der Waals surface area contributed by atoms with Crippen LogP contribution in [0.3, 0.4) is 0 Å². The van der Waals surface area contributed by atoms with Gasteiger partial charge in [0, 0.05) is 0 Å². The van der Waals surface area contributed by atoms with Gasteiger partial charge in [0.2, 0.25) is 21.6 Å². The molecule has 2 unspecified atom stereocenters. The molecule has 9 heteroatoms. The van der Waals surface area contributed by atoms with Crippen LogP contribution in [0.5, 0.6) is 0 Å². The van der Waals surface area contributed by atoms with Gasteiger partial charge >= 0.3 is 5.97 Å².